The van der Waals surface area contributed by atoms with Gasteiger partial charge in [0.05, 0.1) is 0 Å². The van der Waals surface area contributed by atoms with Gasteiger partial charge in [-0.25, -0.2) is 4.79 Å². The van der Waals surface area contributed by atoms with E-state index in [0.29, 0.717) is 6.42 Å². The van der Waals surface area contributed by atoms with Crippen molar-refractivity contribution in [3.63, 3.8) is 0 Å². The fourth-order valence-electron chi connectivity index (χ4n) is 3.09. The molecule has 1 saturated carbocycles. The standard InChI is InChI=1S/C15H23N3O5/c1-10-6-4-5-7-15(10)13(21)18(14(22)16-15)8-12(20)23-9-11(19)17(2)3/h10H,4-9H2,1-3H3,(H,16,22)/t10-,15-/m0/s1. The topological polar surface area (TPSA) is 96.0 Å². The van der Waals surface area contributed by atoms with E-state index in [9.17, 15) is 19.2 Å². The van der Waals surface area contributed by atoms with Crippen LogP contribution < -0.4 is 5.32 Å². The van der Waals surface area contributed by atoms with E-state index in [2.05, 4.69) is 5.32 Å². The molecule has 1 spiro atoms. The molecule has 1 saturated heterocycles. The van der Waals surface area contributed by atoms with Crippen molar-refractivity contribution >= 4 is 23.8 Å². The van der Waals surface area contributed by atoms with Crippen LogP contribution in [0.15, 0.2) is 0 Å². The lowest BCUT2D eigenvalue weighted by Crippen LogP contribution is -2.54. The summed E-state index contributed by atoms with van der Waals surface area (Å²) in [6.07, 6.45) is 3.35. The van der Waals surface area contributed by atoms with Gasteiger partial charge in [-0.05, 0) is 18.8 Å². The molecule has 0 radical (unpaired) electrons. The molecule has 128 valence electrons. The summed E-state index contributed by atoms with van der Waals surface area (Å²) in [5, 5.41) is 2.76. The van der Waals surface area contributed by atoms with Crippen LogP contribution in [0.1, 0.15) is 32.6 Å². The summed E-state index contributed by atoms with van der Waals surface area (Å²) in [5.74, 6) is -1.48. The van der Waals surface area contributed by atoms with E-state index in [-0.39, 0.29) is 17.7 Å². The Morgan fingerprint density at radius 3 is 2.65 bits per heavy atom. The minimum absolute atomic E-state index is 0.0315. The molecule has 2 aliphatic rings. The summed E-state index contributed by atoms with van der Waals surface area (Å²) >= 11 is 0. The summed E-state index contributed by atoms with van der Waals surface area (Å²) < 4.78 is 4.82. The Bertz CT molecular complexity index is 533. The first-order valence-corrected chi connectivity index (χ1v) is 7.78. The minimum Gasteiger partial charge on any atom is -0.454 e. The quantitative estimate of drug-likeness (QED) is 0.585. The Labute approximate surface area is 135 Å². The van der Waals surface area contributed by atoms with Crippen LogP contribution in [-0.4, -0.2) is 66.4 Å². The zero-order valence-corrected chi connectivity index (χ0v) is 13.8. The Balaban J connectivity index is 1.98. The van der Waals surface area contributed by atoms with Gasteiger partial charge in [0.2, 0.25) is 0 Å². The molecule has 0 aromatic carbocycles. The van der Waals surface area contributed by atoms with Crippen molar-refractivity contribution in [2.75, 3.05) is 27.2 Å². The summed E-state index contributed by atoms with van der Waals surface area (Å²) in [7, 11) is 3.09. The average Bonchev–Trinajstić information content (AvgIpc) is 2.73. The second-order valence-electron chi connectivity index (χ2n) is 6.39. The molecular formula is C15H23N3O5. The summed E-state index contributed by atoms with van der Waals surface area (Å²) in [5.41, 5.74) is -0.894. The lowest BCUT2D eigenvalue weighted by atomic mass is 9.73. The highest BCUT2D eigenvalue weighted by Crippen LogP contribution is 2.38. The SMILES string of the molecule is C[C@H]1CCCC[C@]12NC(=O)N(CC(=O)OCC(=O)N(C)C)C2=O. The molecule has 0 unspecified atom stereocenters. The molecule has 2 fully saturated rings. The Kier molecular flexibility index (Phi) is 4.91. The number of carbonyl (C=O) groups excluding carboxylic acids is 4. The van der Waals surface area contributed by atoms with Gasteiger partial charge in [0.1, 0.15) is 12.1 Å². The van der Waals surface area contributed by atoms with E-state index in [1.54, 1.807) is 14.1 Å². The highest BCUT2D eigenvalue weighted by molar-refractivity contribution is 6.09. The number of hydrogen-bond acceptors (Lipinski definition) is 5. The van der Waals surface area contributed by atoms with Crippen LogP contribution in [0.25, 0.3) is 0 Å². The number of likely N-dealkylation sites (N-methyl/N-ethyl adjacent to an activating group) is 1. The number of esters is 1. The zero-order valence-electron chi connectivity index (χ0n) is 13.8. The molecule has 2 atom stereocenters. The van der Waals surface area contributed by atoms with E-state index < -0.39 is 30.7 Å². The number of rotatable bonds is 4. The van der Waals surface area contributed by atoms with E-state index in [1.807, 2.05) is 6.92 Å². The molecule has 1 aliphatic heterocycles. The molecule has 4 amide bonds. The fourth-order valence-corrected chi connectivity index (χ4v) is 3.09. The number of nitrogens with one attached hydrogen (secondary N) is 1. The highest BCUT2D eigenvalue weighted by Gasteiger charge is 2.55. The number of carbonyl (C=O) groups is 4. The molecule has 1 heterocycles. The molecule has 2 rings (SSSR count). The molecule has 0 aromatic heterocycles. The summed E-state index contributed by atoms with van der Waals surface area (Å²) in [4.78, 5) is 50.1. The Hall–Kier alpha value is -2.12. The van der Waals surface area contributed by atoms with Gasteiger partial charge in [0.15, 0.2) is 6.61 Å². The largest absolute Gasteiger partial charge is 0.454 e. The Morgan fingerprint density at radius 2 is 2.04 bits per heavy atom. The van der Waals surface area contributed by atoms with E-state index in [4.69, 9.17) is 4.74 Å². The smallest absolute Gasteiger partial charge is 0.326 e. The first kappa shape index (κ1) is 17.2. The fraction of sp³-hybridized carbons (Fsp3) is 0.733. The molecule has 0 bridgehead atoms. The lowest BCUT2D eigenvalue weighted by molar-refractivity contribution is -0.153. The zero-order chi connectivity index (χ0) is 17.2. The van der Waals surface area contributed by atoms with Crippen LogP contribution in [0.5, 0.6) is 0 Å². The predicted molar refractivity (Wildman–Crippen MR) is 80.3 cm³/mol. The number of amides is 4. The predicted octanol–water partition coefficient (Wildman–Crippen LogP) is 0.119. The van der Waals surface area contributed by atoms with Crippen molar-refractivity contribution < 1.29 is 23.9 Å². The maximum Gasteiger partial charge on any atom is 0.326 e. The monoisotopic (exact) mass is 325 g/mol. The number of urea groups is 1. The van der Waals surface area contributed by atoms with Gasteiger partial charge >= 0.3 is 12.0 Å². The van der Waals surface area contributed by atoms with Gasteiger partial charge in [-0.15, -0.1) is 0 Å². The third kappa shape index (κ3) is 3.30. The minimum atomic E-state index is -0.894. The molecule has 8 heteroatoms. The number of imide groups is 1. The van der Waals surface area contributed by atoms with Crippen LogP contribution >= 0.6 is 0 Å². The molecule has 23 heavy (non-hydrogen) atoms. The van der Waals surface area contributed by atoms with Crippen LogP contribution in [0, 0.1) is 5.92 Å². The summed E-state index contributed by atoms with van der Waals surface area (Å²) in [6.45, 7) is 1.06. The second kappa shape index (κ2) is 6.55. The van der Waals surface area contributed by atoms with Crippen molar-refractivity contribution in [3.8, 4) is 0 Å². The summed E-state index contributed by atoms with van der Waals surface area (Å²) in [6, 6.07) is -0.570. The van der Waals surface area contributed by atoms with Crippen molar-refractivity contribution in [2.24, 2.45) is 5.92 Å². The van der Waals surface area contributed by atoms with E-state index >= 15 is 0 Å². The Morgan fingerprint density at radius 1 is 1.35 bits per heavy atom. The molecule has 1 aliphatic carbocycles. The van der Waals surface area contributed by atoms with Gasteiger partial charge in [-0.2, -0.15) is 0 Å². The third-order valence-corrected chi connectivity index (χ3v) is 4.64. The highest BCUT2D eigenvalue weighted by atomic mass is 16.5. The first-order chi connectivity index (χ1) is 10.8. The van der Waals surface area contributed by atoms with Gasteiger partial charge in [0.25, 0.3) is 11.8 Å². The van der Waals surface area contributed by atoms with Crippen molar-refractivity contribution in [3.05, 3.63) is 0 Å². The van der Waals surface area contributed by atoms with E-state index in [0.717, 1.165) is 24.2 Å². The molecule has 0 aromatic rings. The van der Waals surface area contributed by atoms with Gasteiger partial charge in [-0.1, -0.05) is 19.8 Å². The maximum atomic E-state index is 12.6. The average molecular weight is 325 g/mol. The maximum absolute atomic E-state index is 12.6. The van der Waals surface area contributed by atoms with Gasteiger partial charge in [0, 0.05) is 14.1 Å². The first-order valence-electron chi connectivity index (χ1n) is 7.78. The second-order valence-corrected chi connectivity index (χ2v) is 6.39. The van der Waals surface area contributed by atoms with Crippen molar-refractivity contribution in [2.45, 2.75) is 38.1 Å². The number of ether oxygens (including phenoxy) is 1. The van der Waals surface area contributed by atoms with Gasteiger partial charge in [-0.3, -0.25) is 19.3 Å². The van der Waals surface area contributed by atoms with Crippen LogP contribution in [-0.2, 0) is 19.1 Å². The molecular weight excluding hydrogens is 302 g/mol. The molecule has 1 N–H and O–H groups in total. The van der Waals surface area contributed by atoms with Crippen molar-refractivity contribution in [1.82, 2.24) is 15.1 Å². The normalized spacial score (nSPS) is 27.1. The van der Waals surface area contributed by atoms with Crippen LogP contribution in [0.4, 0.5) is 4.79 Å². The number of hydrogen-bond donors (Lipinski definition) is 1. The van der Waals surface area contributed by atoms with Crippen LogP contribution in [0.3, 0.4) is 0 Å². The molecule has 8 nitrogen and oxygen atoms in total. The number of nitrogens with zero attached hydrogens (tertiary/aromatic N) is 2. The van der Waals surface area contributed by atoms with Crippen molar-refractivity contribution in [1.29, 1.82) is 0 Å². The van der Waals surface area contributed by atoms with E-state index in [1.165, 1.54) is 4.90 Å². The van der Waals surface area contributed by atoms with Crippen LogP contribution in [0.2, 0.25) is 0 Å². The third-order valence-electron chi connectivity index (χ3n) is 4.64. The lowest BCUT2D eigenvalue weighted by Gasteiger charge is -2.36. The van der Waals surface area contributed by atoms with Gasteiger partial charge < -0.3 is 15.0 Å².